The normalized spacial score (nSPS) is 22.5. The molecule has 0 saturated carbocycles. The number of ether oxygens (including phenoxy) is 1. The highest BCUT2D eigenvalue weighted by molar-refractivity contribution is 6.30. The summed E-state index contributed by atoms with van der Waals surface area (Å²) in [6, 6.07) is 16.6. The minimum absolute atomic E-state index is 0.0977. The minimum Gasteiger partial charge on any atom is -0.378 e. The van der Waals surface area contributed by atoms with E-state index in [1.54, 1.807) is 0 Å². The van der Waals surface area contributed by atoms with E-state index in [-0.39, 0.29) is 24.0 Å². The van der Waals surface area contributed by atoms with Crippen LogP contribution >= 0.6 is 11.6 Å². The molecule has 1 amide bonds. The van der Waals surface area contributed by atoms with Gasteiger partial charge in [0.25, 0.3) is 5.91 Å². The fourth-order valence-corrected chi connectivity index (χ4v) is 5.38. The number of para-hydroxylation sites is 1. The number of aromatic nitrogens is 2. The number of piperidine rings is 1. The monoisotopic (exact) mass is 478 g/mol. The number of amides is 1. The Bertz CT molecular complexity index is 1200. The summed E-state index contributed by atoms with van der Waals surface area (Å²) in [6.45, 7) is 7.00. The highest BCUT2D eigenvalue weighted by Gasteiger charge is 2.39. The van der Waals surface area contributed by atoms with Crippen molar-refractivity contribution >= 4 is 28.4 Å². The first-order chi connectivity index (χ1) is 16.5. The molecule has 6 nitrogen and oxygen atoms in total. The molecule has 0 aliphatic carbocycles. The van der Waals surface area contributed by atoms with Crippen LogP contribution in [0.1, 0.15) is 42.7 Å². The summed E-state index contributed by atoms with van der Waals surface area (Å²) in [6.07, 6.45) is 3.84. The molecule has 7 heteroatoms. The van der Waals surface area contributed by atoms with Gasteiger partial charge in [-0.2, -0.15) is 5.10 Å². The molecule has 3 heterocycles. The van der Waals surface area contributed by atoms with Crippen LogP contribution in [0.4, 0.5) is 0 Å². The number of fused-ring (bicyclic) bond motifs is 3. The van der Waals surface area contributed by atoms with Gasteiger partial charge in [0.2, 0.25) is 0 Å². The molecule has 3 aromatic rings. The van der Waals surface area contributed by atoms with Gasteiger partial charge in [0.1, 0.15) is 0 Å². The van der Waals surface area contributed by atoms with Crippen LogP contribution in [0, 0.1) is 0 Å². The fraction of sp³-hybridized carbons (Fsp3) is 0.407. The number of carbonyl (C=O) groups excluding carboxylic acids is 1. The Hall–Kier alpha value is -2.67. The Labute approximate surface area is 205 Å². The Balaban J connectivity index is 1.31. The summed E-state index contributed by atoms with van der Waals surface area (Å²) in [7, 11) is 0. The zero-order valence-corrected chi connectivity index (χ0v) is 20.5. The number of hydrogen-bond donors (Lipinski definition) is 1. The molecule has 178 valence electrons. The average molecular weight is 479 g/mol. The SMILES string of the molecule is CC(C)=CCn1nc(C(=O)N[C@H]2C[C@H]3COC[C@@H](C2)N3Cc2cccc(Cl)c2)c2ccccc21. The molecule has 5 rings (SSSR count). The molecule has 2 aromatic carbocycles. The zero-order chi connectivity index (χ0) is 23.7. The maximum Gasteiger partial charge on any atom is 0.272 e. The predicted octanol–water partition coefficient (Wildman–Crippen LogP) is 4.82. The Morgan fingerprint density at radius 2 is 1.91 bits per heavy atom. The number of carbonyl (C=O) groups is 1. The van der Waals surface area contributed by atoms with E-state index in [2.05, 4.69) is 36.2 Å². The van der Waals surface area contributed by atoms with Crippen LogP contribution in [0.2, 0.25) is 5.02 Å². The van der Waals surface area contributed by atoms with Crippen LogP contribution in [0.25, 0.3) is 10.9 Å². The summed E-state index contributed by atoms with van der Waals surface area (Å²) >= 11 is 6.20. The van der Waals surface area contributed by atoms with Crippen LogP contribution in [-0.2, 0) is 17.8 Å². The third kappa shape index (κ3) is 4.90. The molecule has 0 unspecified atom stereocenters. The number of halogens is 1. The summed E-state index contributed by atoms with van der Waals surface area (Å²) in [5, 5.41) is 9.64. The van der Waals surface area contributed by atoms with E-state index in [0.29, 0.717) is 25.5 Å². The third-order valence-corrected chi connectivity index (χ3v) is 7.04. The third-order valence-electron chi connectivity index (χ3n) is 6.81. The lowest BCUT2D eigenvalue weighted by Crippen LogP contribution is -2.60. The van der Waals surface area contributed by atoms with E-state index in [0.717, 1.165) is 35.3 Å². The van der Waals surface area contributed by atoms with Crippen molar-refractivity contribution in [2.45, 2.75) is 57.9 Å². The molecule has 2 fully saturated rings. The fourth-order valence-electron chi connectivity index (χ4n) is 5.17. The van der Waals surface area contributed by atoms with Crippen LogP contribution in [0.15, 0.2) is 60.2 Å². The number of hydrogen-bond acceptors (Lipinski definition) is 4. The first kappa shape index (κ1) is 23.1. The lowest BCUT2D eigenvalue weighted by molar-refractivity contribution is -0.0843. The second kappa shape index (κ2) is 9.90. The van der Waals surface area contributed by atoms with Crippen LogP contribution in [0.5, 0.6) is 0 Å². The lowest BCUT2D eigenvalue weighted by Gasteiger charge is -2.48. The van der Waals surface area contributed by atoms with Crippen molar-refractivity contribution in [1.29, 1.82) is 0 Å². The summed E-state index contributed by atoms with van der Waals surface area (Å²) in [5.74, 6) is -0.0977. The van der Waals surface area contributed by atoms with Gasteiger partial charge in [-0.05, 0) is 50.5 Å². The summed E-state index contributed by atoms with van der Waals surface area (Å²) in [5.41, 5.74) is 3.91. The molecule has 1 aromatic heterocycles. The molecule has 2 bridgehead atoms. The molecular weight excluding hydrogens is 448 g/mol. The van der Waals surface area contributed by atoms with E-state index in [4.69, 9.17) is 21.4 Å². The van der Waals surface area contributed by atoms with Crippen molar-refractivity contribution in [2.24, 2.45) is 0 Å². The molecule has 1 N–H and O–H groups in total. The second-order valence-electron chi connectivity index (χ2n) is 9.62. The number of nitrogens with zero attached hydrogens (tertiary/aromatic N) is 3. The topological polar surface area (TPSA) is 59.4 Å². The van der Waals surface area contributed by atoms with Gasteiger partial charge in [0, 0.05) is 35.1 Å². The van der Waals surface area contributed by atoms with Gasteiger partial charge in [0.15, 0.2) is 5.69 Å². The van der Waals surface area contributed by atoms with Crippen molar-refractivity contribution in [3.63, 3.8) is 0 Å². The Kier molecular flexibility index (Phi) is 6.73. The van der Waals surface area contributed by atoms with Crippen LogP contribution in [0.3, 0.4) is 0 Å². The van der Waals surface area contributed by atoms with E-state index in [1.807, 2.05) is 47.1 Å². The summed E-state index contributed by atoms with van der Waals surface area (Å²) in [4.78, 5) is 15.9. The molecule has 2 saturated heterocycles. The van der Waals surface area contributed by atoms with Gasteiger partial charge < -0.3 is 10.1 Å². The first-order valence-corrected chi connectivity index (χ1v) is 12.3. The minimum atomic E-state index is -0.0977. The first-order valence-electron chi connectivity index (χ1n) is 12.0. The highest BCUT2D eigenvalue weighted by atomic mass is 35.5. The maximum atomic E-state index is 13.3. The number of benzene rings is 2. The van der Waals surface area contributed by atoms with Crippen molar-refractivity contribution in [2.75, 3.05) is 13.2 Å². The molecule has 2 aliphatic heterocycles. The van der Waals surface area contributed by atoms with Gasteiger partial charge in [-0.1, -0.05) is 53.6 Å². The van der Waals surface area contributed by atoms with E-state index in [9.17, 15) is 4.79 Å². The maximum absolute atomic E-state index is 13.3. The average Bonchev–Trinajstić information content (AvgIpc) is 3.17. The quantitative estimate of drug-likeness (QED) is 0.516. The molecule has 3 atom stereocenters. The van der Waals surface area contributed by atoms with Gasteiger partial charge in [-0.25, -0.2) is 0 Å². The predicted molar refractivity (Wildman–Crippen MR) is 135 cm³/mol. The smallest absolute Gasteiger partial charge is 0.272 e. The second-order valence-corrected chi connectivity index (χ2v) is 10.1. The molecule has 0 radical (unpaired) electrons. The highest BCUT2D eigenvalue weighted by Crippen LogP contribution is 2.30. The molecular formula is C27H31ClN4O2. The molecule has 0 spiro atoms. The number of rotatable bonds is 6. The van der Waals surface area contributed by atoms with E-state index in [1.165, 1.54) is 11.1 Å². The van der Waals surface area contributed by atoms with Crippen molar-refractivity contribution in [3.8, 4) is 0 Å². The Morgan fingerprint density at radius 3 is 2.65 bits per heavy atom. The van der Waals surface area contributed by atoms with Crippen molar-refractivity contribution in [3.05, 3.63) is 76.5 Å². The van der Waals surface area contributed by atoms with Crippen LogP contribution < -0.4 is 5.32 Å². The lowest BCUT2D eigenvalue weighted by atomic mass is 9.89. The van der Waals surface area contributed by atoms with Crippen molar-refractivity contribution in [1.82, 2.24) is 20.0 Å². The van der Waals surface area contributed by atoms with Gasteiger partial charge >= 0.3 is 0 Å². The number of nitrogens with one attached hydrogen (secondary N) is 1. The summed E-state index contributed by atoms with van der Waals surface area (Å²) < 4.78 is 7.78. The largest absolute Gasteiger partial charge is 0.378 e. The number of allylic oxidation sites excluding steroid dienone is 2. The molecule has 34 heavy (non-hydrogen) atoms. The van der Waals surface area contributed by atoms with Gasteiger partial charge in [-0.3, -0.25) is 14.4 Å². The van der Waals surface area contributed by atoms with Gasteiger partial charge in [-0.15, -0.1) is 0 Å². The standard InChI is InChI=1S/C27H31ClN4O2/c1-18(2)10-11-32-25-9-4-3-8-24(25)26(30-32)27(33)29-21-13-22-16-34-17-23(14-21)31(22)15-19-6-5-7-20(28)12-19/h3-10,12,21-23H,11,13-17H2,1-2H3,(H,29,33)/t21-,22-,23+. The van der Waals surface area contributed by atoms with Crippen LogP contribution in [-0.4, -0.2) is 51.9 Å². The van der Waals surface area contributed by atoms with Gasteiger partial charge in [0.05, 0.1) is 25.3 Å². The Morgan fingerprint density at radius 1 is 1.15 bits per heavy atom. The number of morpholine rings is 1. The zero-order valence-electron chi connectivity index (χ0n) is 19.7. The van der Waals surface area contributed by atoms with Crippen molar-refractivity contribution < 1.29 is 9.53 Å². The molecule has 2 aliphatic rings. The van der Waals surface area contributed by atoms with E-state index >= 15 is 0 Å². The van der Waals surface area contributed by atoms with E-state index < -0.39 is 0 Å².